The van der Waals surface area contributed by atoms with Crippen LogP contribution in [0.25, 0.3) is 11.1 Å². The first kappa shape index (κ1) is 25.9. The summed E-state index contributed by atoms with van der Waals surface area (Å²) in [7, 11) is -3.67. The van der Waals surface area contributed by atoms with Crippen molar-refractivity contribution in [2.24, 2.45) is 0 Å². The molecule has 3 aromatic rings. The molecule has 3 aliphatic rings. The second-order valence-corrected chi connectivity index (χ2v) is 12.4. The van der Waals surface area contributed by atoms with Gasteiger partial charge in [0.1, 0.15) is 0 Å². The zero-order valence-electron chi connectivity index (χ0n) is 21.6. The molecule has 2 heterocycles. The molecule has 1 aliphatic carbocycles. The number of carbonyl (C=O) groups excluding carboxylic acids is 1. The largest absolute Gasteiger partial charge is 0.454 e. The van der Waals surface area contributed by atoms with Crippen molar-refractivity contribution in [3.05, 3.63) is 72.3 Å². The number of aliphatic hydroxyl groups is 1. The molecule has 9 heteroatoms. The van der Waals surface area contributed by atoms with Gasteiger partial charge in [-0.15, -0.1) is 0 Å². The Labute approximate surface area is 233 Å². The van der Waals surface area contributed by atoms with Crippen LogP contribution in [0.5, 0.6) is 11.5 Å². The van der Waals surface area contributed by atoms with Gasteiger partial charge < -0.3 is 19.9 Å². The molecule has 0 unspecified atom stereocenters. The van der Waals surface area contributed by atoms with Crippen LogP contribution in [0.4, 0.5) is 5.69 Å². The zero-order valence-corrected chi connectivity index (χ0v) is 22.5. The van der Waals surface area contributed by atoms with E-state index >= 15 is 0 Å². The summed E-state index contributed by atoms with van der Waals surface area (Å²) >= 11 is 0. The van der Waals surface area contributed by atoms with E-state index in [1.165, 1.54) is 4.31 Å². The molecule has 39 heavy (non-hydrogen) atoms. The normalized spacial score (nSPS) is 20.3. The van der Waals surface area contributed by atoms with Crippen LogP contribution in [0.1, 0.15) is 48.4 Å². The molecule has 1 atom stereocenters. The van der Waals surface area contributed by atoms with Crippen LogP contribution in [0.15, 0.2) is 71.6 Å². The van der Waals surface area contributed by atoms with Gasteiger partial charge in [-0.2, -0.15) is 4.31 Å². The van der Waals surface area contributed by atoms with Crippen LogP contribution in [-0.2, 0) is 20.2 Å². The predicted octanol–water partition coefficient (Wildman–Crippen LogP) is 5.42. The van der Waals surface area contributed by atoms with E-state index < -0.39 is 15.4 Å². The smallest absolute Gasteiger partial charge is 0.243 e. The van der Waals surface area contributed by atoms with Crippen LogP contribution in [0.2, 0.25) is 0 Å². The number of hydrogen-bond donors (Lipinski definition) is 2. The van der Waals surface area contributed by atoms with Gasteiger partial charge >= 0.3 is 0 Å². The number of nitrogens with zero attached hydrogens (tertiary/aromatic N) is 1. The van der Waals surface area contributed by atoms with Crippen LogP contribution in [0.3, 0.4) is 0 Å². The van der Waals surface area contributed by atoms with Gasteiger partial charge in [-0.1, -0.05) is 43.2 Å². The maximum absolute atomic E-state index is 13.7. The number of benzene rings is 3. The fourth-order valence-electron chi connectivity index (χ4n) is 6.11. The first-order chi connectivity index (χ1) is 18.9. The molecule has 2 fully saturated rings. The number of sulfonamides is 1. The van der Waals surface area contributed by atoms with Crippen molar-refractivity contribution < 1.29 is 32.1 Å². The van der Waals surface area contributed by atoms with Crippen molar-refractivity contribution in [3.63, 3.8) is 0 Å². The minimum atomic E-state index is -3.67. The van der Waals surface area contributed by atoms with Crippen LogP contribution in [-0.4, -0.2) is 49.7 Å². The van der Waals surface area contributed by atoms with Crippen LogP contribution >= 0.6 is 0 Å². The molecule has 1 amide bonds. The molecule has 1 saturated heterocycles. The van der Waals surface area contributed by atoms with Crippen molar-refractivity contribution in [1.29, 1.82) is 0 Å². The van der Waals surface area contributed by atoms with Crippen molar-refractivity contribution in [3.8, 4) is 22.6 Å². The average Bonchev–Trinajstić information content (AvgIpc) is 3.74. The number of fused-ring (bicyclic) bond motifs is 1. The summed E-state index contributed by atoms with van der Waals surface area (Å²) < 4.78 is 38.7. The maximum atomic E-state index is 13.7. The first-order valence-electron chi connectivity index (χ1n) is 13.5. The Bertz CT molecular complexity index is 1500. The second kappa shape index (κ2) is 10.3. The summed E-state index contributed by atoms with van der Waals surface area (Å²) in [5.74, 6) is 1.34. The van der Waals surface area contributed by atoms with Gasteiger partial charge in [-0.3, -0.25) is 4.79 Å². The Kier molecular flexibility index (Phi) is 6.82. The van der Waals surface area contributed by atoms with Crippen molar-refractivity contribution in [2.45, 2.75) is 54.9 Å². The molecule has 6 rings (SSSR count). The standard InChI is InChI=1S/C30H32N2O6S.3H2/c33-19-25-7-4-16-32(25)39(35,36)26-11-8-21(9-12-26)22-5-3-6-24(17-22)31-29(34)30(14-1-2-15-30)23-10-13-27-28(18-23)38-20-37-27;;;/h3,5-6,8-13,17-18,25,33H,1-2,4,7,14-16,19-20H2,(H,31,34);3*1H/t25-;;;/m1.../s1. The molecule has 1 saturated carbocycles. The summed E-state index contributed by atoms with van der Waals surface area (Å²) in [5, 5.41) is 12.7. The van der Waals surface area contributed by atoms with Gasteiger partial charge in [-0.25, -0.2) is 8.42 Å². The molecule has 0 spiro atoms. The Balaban J connectivity index is 0.00000161. The fraction of sp³-hybridized carbons (Fsp3) is 0.367. The van der Waals surface area contributed by atoms with Gasteiger partial charge in [0, 0.05) is 22.6 Å². The van der Waals surface area contributed by atoms with E-state index in [0.717, 1.165) is 48.8 Å². The van der Waals surface area contributed by atoms with Crippen LogP contribution < -0.4 is 14.8 Å². The topological polar surface area (TPSA) is 105 Å². The van der Waals surface area contributed by atoms with E-state index in [9.17, 15) is 18.3 Å². The van der Waals surface area contributed by atoms with E-state index in [2.05, 4.69) is 5.32 Å². The third-order valence-corrected chi connectivity index (χ3v) is 10.2. The molecule has 8 nitrogen and oxygen atoms in total. The van der Waals surface area contributed by atoms with Crippen molar-refractivity contribution >= 4 is 21.6 Å². The van der Waals surface area contributed by atoms with Gasteiger partial charge in [0.25, 0.3) is 0 Å². The number of nitrogens with one attached hydrogen (secondary N) is 1. The van der Waals surface area contributed by atoms with E-state index in [-0.39, 0.29) is 34.5 Å². The van der Waals surface area contributed by atoms with E-state index in [4.69, 9.17) is 9.47 Å². The summed E-state index contributed by atoms with van der Waals surface area (Å²) in [6, 6.07) is 19.8. The molecular weight excluding hydrogens is 516 g/mol. The van der Waals surface area contributed by atoms with E-state index in [1.54, 1.807) is 24.3 Å². The number of aliphatic hydroxyl groups excluding tert-OH is 1. The molecule has 2 aliphatic heterocycles. The van der Waals surface area contributed by atoms with E-state index in [0.29, 0.717) is 30.2 Å². The van der Waals surface area contributed by atoms with Gasteiger partial charge in [0.15, 0.2) is 11.5 Å². The minimum absolute atomic E-state index is 0. The highest BCUT2D eigenvalue weighted by atomic mass is 32.2. The lowest BCUT2D eigenvalue weighted by molar-refractivity contribution is -0.121. The Morgan fingerprint density at radius 3 is 2.51 bits per heavy atom. The summed E-state index contributed by atoms with van der Waals surface area (Å²) in [6.07, 6.45) is 4.91. The number of ether oxygens (including phenoxy) is 2. The van der Waals surface area contributed by atoms with Crippen molar-refractivity contribution in [2.75, 3.05) is 25.3 Å². The summed E-state index contributed by atoms with van der Waals surface area (Å²) in [6.45, 7) is 0.440. The molecule has 3 aromatic carbocycles. The maximum Gasteiger partial charge on any atom is 0.243 e. The molecule has 2 N–H and O–H groups in total. The molecule has 210 valence electrons. The highest BCUT2D eigenvalue weighted by molar-refractivity contribution is 7.89. The Morgan fingerprint density at radius 2 is 1.74 bits per heavy atom. The van der Waals surface area contributed by atoms with E-state index in [1.807, 2.05) is 42.5 Å². The Morgan fingerprint density at radius 1 is 0.974 bits per heavy atom. The number of rotatable bonds is 7. The first-order valence-corrected chi connectivity index (χ1v) is 14.9. The lowest BCUT2D eigenvalue weighted by Gasteiger charge is -2.28. The average molecular weight is 555 g/mol. The number of hydrogen-bond acceptors (Lipinski definition) is 6. The fourth-order valence-corrected chi connectivity index (χ4v) is 7.79. The molecule has 0 aromatic heterocycles. The number of amides is 1. The van der Waals surface area contributed by atoms with Gasteiger partial charge in [-0.05, 0) is 78.8 Å². The van der Waals surface area contributed by atoms with Gasteiger partial charge in [0.05, 0.1) is 16.9 Å². The molecule has 0 radical (unpaired) electrons. The van der Waals surface area contributed by atoms with Crippen LogP contribution in [0, 0.1) is 0 Å². The minimum Gasteiger partial charge on any atom is -0.454 e. The SMILES string of the molecule is O=C(Nc1cccc(-c2ccc(S(=O)(=O)N3CCC[C@@H]3CO)cc2)c1)C1(c2ccc3c(c2)OCO3)CCCC1.[HH].[HH].[HH]. The lowest BCUT2D eigenvalue weighted by atomic mass is 9.77. The number of carbonyl (C=O) groups is 1. The Hall–Kier alpha value is -3.40. The monoisotopic (exact) mass is 554 g/mol. The zero-order chi connectivity index (χ0) is 27.0. The second-order valence-electron chi connectivity index (χ2n) is 10.5. The quantitative estimate of drug-likeness (QED) is 0.404. The highest BCUT2D eigenvalue weighted by Crippen LogP contribution is 2.45. The molecular formula is C30H38N2O6S. The highest BCUT2D eigenvalue weighted by Gasteiger charge is 2.43. The summed E-state index contributed by atoms with van der Waals surface area (Å²) in [5.41, 5.74) is 2.71. The molecule has 0 bridgehead atoms. The summed E-state index contributed by atoms with van der Waals surface area (Å²) in [4.78, 5) is 14.0. The third kappa shape index (κ3) is 4.68. The number of anilines is 1. The van der Waals surface area contributed by atoms with Gasteiger partial charge in [0.2, 0.25) is 22.7 Å². The van der Waals surface area contributed by atoms with Crippen molar-refractivity contribution in [1.82, 2.24) is 4.31 Å². The third-order valence-electron chi connectivity index (χ3n) is 8.27. The lowest BCUT2D eigenvalue weighted by Crippen LogP contribution is -2.38. The predicted molar refractivity (Wildman–Crippen MR) is 154 cm³/mol.